The van der Waals surface area contributed by atoms with Gasteiger partial charge < -0.3 is 14.9 Å². The molecule has 3 rings (SSSR count). The molecule has 1 spiro atoms. The zero-order valence-electron chi connectivity index (χ0n) is 17.6. The van der Waals surface area contributed by atoms with Crippen LogP contribution in [0.15, 0.2) is 24.5 Å². The highest BCUT2D eigenvalue weighted by Crippen LogP contribution is 2.45. The second-order valence-electron chi connectivity index (χ2n) is 7.44. The molecule has 2 aliphatic rings. The lowest BCUT2D eigenvalue weighted by Gasteiger charge is -2.50. The number of carboxylic acid groups (broad SMARTS) is 2. The standard InChI is InChI=1S/C14H20N2O3S.2C2HF3O2/c1-19-9-13-4-6-20(17,18)14(13)10-16(11-14)8-12-3-2-5-15-7-12;2*3-2(4,5)1(6)7/h2-3,5,7,13H,4,6,8-11H2,1H3;2*(H,6,7). The molecular formula is C18H22F6N2O7S. The number of ether oxygens (including phenoxy) is 1. The minimum atomic E-state index is -5.08. The number of hydrogen-bond donors (Lipinski definition) is 2. The van der Waals surface area contributed by atoms with Gasteiger partial charge in [-0.05, 0) is 18.1 Å². The molecule has 34 heavy (non-hydrogen) atoms. The van der Waals surface area contributed by atoms with Gasteiger partial charge in [0, 0.05) is 45.1 Å². The third kappa shape index (κ3) is 7.80. The Morgan fingerprint density at radius 2 is 1.65 bits per heavy atom. The van der Waals surface area contributed by atoms with Gasteiger partial charge in [-0.2, -0.15) is 26.3 Å². The van der Waals surface area contributed by atoms with Crippen molar-refractivity contribution in [1.82, 2.24) is 9.88 Å². The van der Waals surface area contributed by atoms with Crippen molar-refractivity contribution in [1.29, 1.82) is 0 Å². The Hall–Kier alpha value is -2.46. The van der Waals surface area contributed by atoms with Gasteiger partial charge >= 0.3 is 24.3 Å². The van der Waals surface area contributed by atoms with E-state index in [-0.39, 0.29) is 5.92 Å². The third-order valence-corrected chi connectivity index (χ3v) is 7.67. The maximum atomic E-state index is 12.4. The number of likely N-dealkylation sites (tertiary alicyclic amines) is 1. The first-order valence-electron chi connectivity index (χ1n) is 9.39. The third-order valence-electron chi connectivity index (χ3n) is 5.06. The first-order valence-corrected chi connectivity index (χ1v) is 11.0. The molecule has 0 bridgehead atoms. The predicted octanol–water partition coefficient (Wildman–Crippen LogP) is 1.98. The van der Waals surface area contributed by atoms with Crippen LogP contribution in [-0.2, 0) is 30.7 Å². The van der Waals surface area contributed by atoms with Crippen LogP contribution >= 0.6 is 0 Å². The number of halogens is 6. The van der Waals surface area contributed by atoms with Crippen LogP contribution in [0.3, 0.4) is 0 Å². The van der Waals surface area contributed by atoms with Gasteiger partial charge in [-0.3, -0.25) is 9.88 Å². The number of hydrogen-bond acceptors (Lipinski definition) is 7. The van der Waals surface area contributed by atoms with E-state index in [4.69, 9.17) is 24.5 Å². The van der Waals surface area contributed by atoms with Gasteiger partial charge in [-0.1, -0.05) is 6.07 Å². The average molecular weight is 524 g/mol. The van der Waals surface area contributed by atoms with Crippen LogP contribution in [0.2, 0.25) is 0 Å². The molecule has 1 aromatic rings. The van der Waals surface area contributed by atoms with Gasteiger partial charge in [0.15, 0.2) is 9.84 Å². The van der Waals surface area contributed by atoms with Crippen LogP contribution in [0.1, 0.15) is 12.0 Å². The topological polar surface area (TPSA) is 134 Å². The summed E-state index contributed by atoms with van der Waals surface area (Å²) in [6, 6.07) is 3.93. The Balaban J connectivity index is 0.000000343. The Bertz CT molecular complexity index is 908. The molecule has 0 radical (unpaired) electrons. The van der Waals surface area contributed by atoms with Crippen molar-refractivity contribution >= 4 is 21.8 Å². The normalized spacial score (nSPS) is 20.9. The minimum Gasteiger partial charge on any atom is -0.475 e. The van der Waals surface area contributed by atoms with Gasteiger partial charge in [-0.25, -0.2) is 18.0 Å². The molecule has 2 aliphatic heterocycles. The highest BCUT2D eigenvalue weighted by molar-refractivity contribution is 7.93. The van der Waals surface area contributed by atoms with E-state index in [2.05, 4.69) is 9.88 Å². The van der Waals surface area contributed by atoms with Crippen LogP contribution in [0.4, 0.5) is 26.3 Å². The summed E-state index contributed by atoms with van der Waals surface area (Å²) in [4.78, 5) is 24.1. The van der Waals surface area contributed by atoms with E-state index in [0.717, 1.165) is 18.5 Å². The highest BCUT2D eigenvalue weighted by Gasteiger charge is 2.61. The minimum absolute atomic E-state index is 0.141. The van der Waals surface area contributed by atoms with Crippen molar-refractivity contribution in [3.63, 3.8) is 0 Å². The van der Waals surface area contributed by atoms with Crippen LogP contribution < -0.4 is 0 Å². The van der Waals surface area contributed by atoms with Gasteiger partial charge in [0.25, 0.3) is 0 Å². The molecule has 0 aromatic carbocycles. The summed E-state index contributed by atoms with van der Waals surface area (Å²) in [5.74, 6) is -5.07. The molecule has 0 amide bonds. The van der Waals surface area contributed by atoms with Crippen LogP contribution in [0.5, 0.6) is 0 Å². The lowest BCUT2D eigenvalue weighted by Crippen LogP contribution is -2.67. The second-order valence-corrected chi connectivity index (χ2v) is 9.89. The Kier molecular flexibility index (Phi) is 9.84. The molecule has 3 heterocycles. The molecule has 0 saturated carbocycles. The summed E-state index contributed by atoms with van der Waals surface area (Å²) >= 11 is 0. The van der Waals surface area contributed by atoms with E-state index in [1.165, 1.54) is 0 Å². The predicted molar refractivity (Wildman–Crippen MR) is 103 cm³/mol. The molecule has 2 fully saturated rings. The summed E-state index contributed by atoms with van der Waals surface area (Å²) in [7, 11) is -1.34. The number of methoxy groups -OCH3 is 1. The van der Waals surface area contributed by atoms with Gasteiger partial charge in [0.05, 0.1) is 12.4 Å². The summed E-state index contributed by atoms with van der Waals surface area (Å²) in [5.41, 5.74) is 1.13. The van der Waals surface area contributed by atoms with Gasteiger partial charge in [0.2, 0.25) is 0 Å². The smallest absolute Gasteiger partial charge is 0.475 e. The first kappa shape index (κ1) is 29.6. The number of carboxylic acids is 2. The maximum Gasteiger partial charge on any atom is 0.490 e. The lowest BCUT2D eigenvalue weighted by atomic mass is 9.83. The average Bonchev–Trinajstić information content (AvgIpc) is 2.93. The number of carbonyl (C=O) groups is 2. The van der Waals surface area contributed by atoms with Crippen LogP contribution in [0, 0.1) is 5.92 Å². The quantitative estimate of drug-likeness (QED) is 0.567. The molecule has 1 aromatic heterocycles. The van der Waals surface area contributed by atoms with E-state index in [1.807, 2.05) is 18.3 Å². The van der Waals surface area contributed by atoms with E-state index in [1.54, 1.807) is 13.3 Å². The largest absolute Gasteiger partial charge is 0.490 e. The highest BCUT2D eigenvalue weighted by atomic mass is 32.2. The Morgan fingerprint density at radius 1 is 1.15 bits per heavy atom. The number of alkyl halides is 6. The molecule has 9 nitrogen and oxygen atoms in total. The number of aliphatic carboxylic acids is 2. The number of rotatable bonds is 4. The van der Waals surface area contributed by atoms with Gasteiger partial charge in [0.1, 0.15) is 4.75 Å². The van der Waals surface area contributed by atoms with Crippen LogP contribution in [-0.4, -0.2) is 90.1 Å². The number of sulfone groups is 1. The van der Waals surface area contributed by atoms with Crippen molar-refractivity contribution in [2.45, 2.75) is 30.1 Å². The summed E-state index contributed by atoms with van der Waals surface area (Å²) < 4.78 is 92.8. The molecule has 1 atom stereocenters. The van der Waals surface area contributed by atoms with Crippen molar-refractivity contribution in [3.05, 3.63) is 30.1 Å². The van der Waals surface area contributed by atoms with E-state index < -0.39 is 38.9 Å². The molecule has 2 saturated heterocycles. The van der Waals surface area contributed by atoms with E-state index in [9.17, 15) is 34.8 Å². The van der Waals surface area contributed by atoms with Crippen molar-refractivity contribution in [2.24, 2.45) is 5.92 Å². The van der Waals surface area contributed by atoms with Crippen molar-refractivity contribution in [2.75, 3.05) is 32.6 Å². The van der Waals surface area contributed by atoms with E-state index >= 15 is 0 Å². The monoisotopic (exact) mass is 524 g/mol. The number of nitrogens with zero attached hydrogens (tertiary/aromatic N) is 2. The van der Waals surface area contributed by atoms with Crippen LogP contribution in [0.25, 0.3) is 0 Å². The molecular weight excluding hydrogens is 502 g/mol. The van der Waals surface area contributed by atoms with Crippen molar-refractivity contribution in [3.8, 4) is 0 Å². The SMILES string of the molecule is COCC1CCS(=O)(=O)C12CN(Cc1cccnc1)C2.O=C(O)C(F)(F)F.O=C(O)C(F)(F)F. The summed E-state index contributed by atoms with van der Waals surface area (Å²) in [6.45, 7) is 2.56. The Morgan fingerprint density at radius 3 is 2.03 bits per heavy atom. The zero-order valence-corrected chi connectivity index (χ0v) is 18.5. The zero-order chi connectivity index (χ0) is 26.4. The van der Waals surface area contributed by atoms with Gasteiger partial charge in [-0.15, -0.1) is 0 Å². The maximum absolute atomic E-state index is 12.4. The fraction of sp³-hybridized carbons (Fsp3) is 0.611. The molecule has 1 unspecified atom stereocenters. The lowest BCUT2D eigenvalue weighted by molar-refractivity contribution is -0.193. The summed E-state index contributed by atoms with van der Waals surface area (Å²) in [5, 5.41) is 14.2. The first-order chi connectivity index (χ1) is 15.5. The van der Waals surface area contributed by atoms with E-state index in [0.29, 0.717) is 25.4 Å². The molecule has 194 valence electrons. The Labute approximate surface area is 190 Å². The number of aromatic nitrogens is 1. The molecule has 2 N–H and O–H groups in total. The molecule has 0 aliphatic carbocycles. The fourth-order valence-corrected chi connectivity index (χ4v) is 5.93. The second kappa shape index (κ2) is 11.3. The summed E-state index contributed by atoms with van der Waals surface area (Å²) in [6.07, 6.45) is -5.85. The van der Waals surface area contributed by atoms with Crippen molar-refractivity contribution < 1.29 is 59.3 Å². The molecule has 16 heteroatoms. The fourth-order valence-electron chi connectivity index (χ4n) is 3.48. The number of pyridine rings is 1.